The summed E-state index contributed by atoms with van der Waals surface area (Å²) >= 11 is 1.46. The molecule has 7 heteroatoms. The molecule has 0 aliphatic heterocycles. The highest BCUT2D eigenvalue weighted by molar-refractivity contribution is 7.16. The Balaban J connectivity index is 1.71. The average Bonchev–Trinajstić information content (AvgIpc) is 3.32. The number of nitrogens with zero attached hydrogens (tertiary/aromatic N) is 3. The summed E-state index contributed by atoms with van der Waals surface area (Å²) in [6, 6.07) is 19.1. The van der Waals surface area contributed by atoms with E-state index in [2.05, 4.69) is 10.1 Å². The van der Waals surface area contributed by atoms with Gasteiger partial charge in [-0.15, -0.1) is 0 Å². The van der Waals surface area contributed by atoms with E-state index in [-0.39, 0.29) is 5.69 Å². The molecule has 0 N–H and O–H groups in total. The van der Waals surface area contributed by atoms with Gasteiger partial charge in [-0.3, -0.25) is 4.79 Å². The second-order valence-electron chi connectivity index (χ2n) is 5.86. The summed E-state index contributed by atoms with van der Waals surface area (Å²) in [4.78, 5) is 17.5. The van der Waals surface area contributed by atoms with Crippen molar-refractivity contribution < 1.29 is 14.1 Å². The lowest BCUT2D eigenvalue weighted by molar-refractivity contribution is 0.0989. The van der Waals surface area contributed by atoms with Crippen LogP contribution in [-0.2, 0) is 11.3 Å². The Morgan fingerprint density at radius 1 is 1.19 bits per heavy atom. The number of hydrogen-bond acceptors (Lipinski definition) is 5. The van der Waals surface area contributed by atoms with Crippen molar-refractivity contribution in [2.75, 3.05) is 13.7 Å². The van der Waals surface area contributed by atoms with Crippen LogP contribution in [0.25, 0.3) is 21.5 Å². The van der Waals surface area contributed by atoms with Crippen LogP contribution in [0.4, 0.5) is 0 Å². The van der Waals surface area contributed by atoms with E-state index in [9.17, 15) is 4.79 Å². The largest absolute Gasteiger partial charge is 0.383 e. The van der Waals surface area contributed by atoms with Crippen LogP contribution in [-0.4, -0.2) is 29.3 Å². The second kappa shape index (κ2) is 7.69. The number of aromatic nitrogens is 2. The smallest absolute Gasteiger partial charge is 0.301 e. The summed E-state index contributed by atoms with van der Waals surface area (Å²) in [5.41, 5.74) is 2.07. The number of thiazole rings is 1. The first-order chi connectivity index (χ1) is 13.3. The van der Waals surface area contributed by atoms with Crippen molar-refractivity contribution in [1.82, 2.24) is 9.72 Å². The molecule has 27 heavy (non-hydrogen) atoms. The van der Waals surface area contributed by atoms with E-state index in [0.29, 0.717) is 23.7 Å². The molecule has 0 atom stereocenters. The molecule has 0 spiro atoms. The molecule has 0 saturated heterocycles. The normalized spacial score (nSPS) is 12.0. The third-order valence-electron chi connectivity index (χ3n) is 4.09. The molecule has 4 aromatic rings. The van der Waals surface area contributed by atoms with Crippen LogP contribution >= 0.6 is 11.3 Å². The van der Waals surface area contributed by atoms with Crippen molar-refractivity contribution in [3.63, 3.8) is 0 Å². The quantitative estimate of drug-likeness (QED) is 0.530. The zero-order chi connectivity index (χ0) is 18.6. The van der Waals surface area contributed by atoms with Gasteiger partial charge in [-0.25, -0.2) is 0 Å². The van der Waals surface area contributed by atoms with Crippen LogP contribution in [0.3, 0.4) is 0 Å². The minimum absolute atomic E-state index is 0.185. The molecular formula is C20H17N3O3S. The van der Waals surface area contributed by atoms with Gasteiger partial charge in [0.1, 0.15) is 0 Å². The fourth-order valence-electron chi connectivity index (χ4n) is 2.76. The van der Waals surface area contributed by atoms with Crippen LogP contribution in [0.5, 0.6) is 0 Å². The molecule has 0 saturated carbocycles. The van der Waals surface area contributed by atoms with Gasteiger partial charge in [0, 0.05) is 25.3 Å². The first-order valence-corrected chi connectivity index (χ1v) is 9.26. The van der Waals surface area contributed by atoms with Crippen LogP contribution in [0.2, 0.25) is 0 Å². The Hall–Kier alpha value is -3.03. The van der Waals surface area contributed by atoms with Gasteiger partial charge in [0.2, 0.25) is 0 Å². The molecule has 2 aromatic carbocycles. The fraction of sp³-hybridized carbons (Fsp3) is 0.150. The Morgan fingerprint density at radius 3 is 2.78 bits per heavy atom. The number of para-hydroxylation sites is 1. The van der Waals surface area contributed by atoms with Gasteiger partial charge in [0.25, 0.3) is 0 Å². The summed E-state index contributed by atoms with van der Waals surface area (Å²) in [5, 5.41) is 3.89. The highest BCUT2D eigenvalue weighted by Crippen LogP contribution is 2.20. The monoisotopic (exact) mass is 379 g/mol. The number of amides is 1. The molecular weight excluding hydrogens is 362 g/mol. The van der Waals surface area contributed by atoms with Gasteiger partial charge in [-0.1, -0.05) is 59.0 Å². The fourth-order valence-corrected chi connectivity index (χ4v) is 3.82. The Labute approximate surface area is 159 Å². The van der Waals surface area contributed by atoms with E-state index in [4.69, 9.17) is 9.26 Å². The second-order valence-corrected chi connectivity index (χ2v) is 6.87. The molecule has 0 radical (unpaired) electrons. The first kappa shape index (κ1) is 17.4. The summed E-state index contributed by atoms with van der Waals surface area (Å²) < 4.78 is 13.5. The number of carbonyl (C=O) groups excluding carboxylic acids is 1. The van der Waals surface area contributed by atoms with Crippen molar-refractivity contribution in [3.8, 4) is 11.3 Å². The maximum Gasteiger partial charge on any atom is 0.301 e. The van der Waals surface area contributed by atoms with E-state index in [1.54, 1.807) is 13.2 Å². The number of ether oxygens (including phenoxy) is 1. The third kappa shape index (κ3) is 3.60. The number of benzene rings is 2. The van der Waals surface area contributed by atoms with Crippen molar-refractivity contribution in [2.45, 2.75) is 6.54 Å². The Kier molecular flexibility index (Phi) is 4.95. The van der Waals surface area contributed by atoms with E-state index in [1.165, 1.54) is 11.3 Å². The van der Waals surface area contributed by atoms with Crippen LogP contribution in [0, 0.1) is 0 Å². The highest BCUT2D eigenvalue weighted by atomic mass is 32.1. The molecule has 6 nitrogen and oxygen atoms in total. The van der Waals surface area contributed by atoms with E-state index < -0.39 is 5.91 Å². The lowest BCUT2D eigenvalue weighted by Crippen LogP contribution is -2.19. The maximum absolute atomic E-state index is 12.6. The molecule has 0 fully saturated rings. The van der Waals surface area contributed by atoms with Crippen molar-refractivity contribution in [1.29, 1.82) is 0 Å². The highest BCUT2D eigenvalue weighted by Gasteiger charge is 2.14. The van der Waals surface area contributed by atoms with Crippen molar-refractivity contribution in [3.05, 3.63) is 71.2 Å². The first-order valence-electron chi connectivity index (χ1n) is 8.45. The van der Waals surface area contributed by atoms with E-state index >= 15 is 0 Å². The zero-order valence-electron chi connectivity index (χ0n) is 14.7. The van der Waals surface area contributed by atoms with E-state index in [0.717, 1.165) is 15.8 Å². The predicted octanol–water partition coefficient (Wildman–Crippen LogP) is 3.75. The lowest BCUT2D eigenvalue weighted by Gasteiger charge is -2.03. The molecule has 136 valence electrons. The number of fused-ring (bicyclic) bond motifs is 1. The van der Waals surface area contributed by atoms with E-state index in [1.807, 2.05) is 59.2 Å². The molecule has 0 aliphatic carbocycles. The van der Waals surface area contributed by atoms with Crippen LogP contribution in [0.15, 0.2) is 70.2 Å². The maximum atomic E-state index is 12.6. The SMILES string of the molecule is COCCn1c(=NC(=O)c2cc(-c3ccccc3)on2)sc2ccccc21. The molecule has 0 aliphatic rings. The summed E-state index contributed by atoms with van der Waals surface area (Å²) in [7, 11) is 1.65. The number of methoxy groups -OCH3 is 1. The standard InChI is InChI=1S/C20H17N3O3S/c1-25-12-11-23-16-9-5-6-10-18(16)27-20(23)21-19(24)15-13-17(26-22-15)14-7-3-2-4-8-14/h2-10,13H,11-12H2,1H3. The van der Waals surface area contributed by atoms with Gasteiger partial charge in [-0.2, -0.15) is 4.99 Å². The Morgan fingerprint density at radius 2 is 1.96 bits per heavy atom. The molecule has 0 bridgehead atoms. The third-order valence-corrected chi connectivity index (χ3v) is 5.15. The number of rotatable bonds is 5. The predicted molar refractivity (Wildman–Crippen MR) is 104 cm³/mol. The molecule has 1 amide bonds. The van der Waals surface area contributed by atoms with Gasteiger partial charge in [0.05, 0.1) is 16.8 Å². The molecule has 0 unspecified atom stereocenters. The zero-order valence-corrected chi connectivity index (χ0v) is 15.5. The molecule has 4 rings (SSSR count). The van der Waals surface area contributed by atoms with Gasteiger partial charge >= 0.3 is 5.91 Å². The lowest BCUT2D eigenvalue weighted by atomic mass is 10.1. The summed E-state index contributed by atoms with van der Waals surface area (Å²) in [6.07, 6.45) is 0. The Bertz CT molecular complexity index is 1140. The van der Waals surface area contributed by atoms with Crippen LogP contribution < -0.4 is 4.80 Å². The molecule has 2 aromatic heterocycles. The van der Waals surface area contributed by atoms with Crippen molar-refractivity contribution >= 4 is 27.5 Å². The molecule has 2 heterocycles. The number of carbonyl (C=O) groups is 1. The van der Waals surface area contributed by atoms with Gasteiger partial charge < -0.3 is 13.8 Å². The summed E-state index contributed by atoms with van der Waals surface area (Å²) in [6.45, 7) is 1.14. The van der Waals surface area contributed by atoms with Crippen molar-refractivity contribution in [2.24, 2.45) is 4.99 Å². The number of hydrogen-bond donors (Lipinski definition) is 0. The minimum Gasteiger partial charge on any atom is -0.383 e. The van der Waals surface area contributed by atoms with Gasteiger partial charge in [0.15, 0.2) is 16.3 Å². The van der Waals surface area contributed by atoms with Crippen LogP contribution in [0.1, 0.15) is 10.5 Å². The summed E-state index contributed by atoms with van der Waals surface area (Å²) in [5.74, 6) is 0.108. The minimum atomic E-state index is -0.432. The van der Waals surface area contributed by atoms with Gasteiger partial charge in [-0.05, 0) is 12.1 Å². The topological polar surface area (TPSA) is 69.6 Å². The average molecular weight is 379 g/mol.